The number of likely N-dealkylation sites (tertiary alicyclic amines) is 1. The summed E-state index contributed by atoms with van der Waals surface area (Å²) in [5.74, 6) is 0.633. The highest BCUT2D eigenvalue weighted by atomic mass is 16.6. The zero-order valence-electron chi connectivity index (χ0n) is 18.0. The maximum absolute atomic E-state index is 13.3. The number of piperidine rings is 1. The monoisotopic (exact) mass is 434 g/mol. The first-order valence-corrected chi connectivity index (χ1v) is 11.0. The summed E-state index contributed by atoms with van der Waals surface area (Å²) in [4.78, 5) is 27.1. The molecular weight excluding hydrogens is 408 g/mol. The Morgan fingerprint density at radius 3 is 2.84 bits per heavy atom. The molecule has 0 radical (unpaired) electrons. The van der Waals surface area contributed by atoms with Gasteiger partial charge in [0.2, 0.25) is 0 Å². The van der Waals surface area contributed by atoms with Gasteiger partial charge in [-0.1, -0.05) is 30.3 Å². The van der Waals surface area contributed by atoms with Gasteiger partial charge in [-0.05, 0) is 19.1 Å². The van der Waals surface area contributed by atoms with E-state index in [1.165, 1.54) is 0 Å². The Hall–Kier alpha value is -3.55. The molecule has 1 aromatic heterocycles. The summed E-state index contributed by atoms with van der Waals surface area (Å²) in [5, 5.41) is 11.1. The van der Waals surface area contributed by atoms with Crippen LogP contribution in [0.5, 0.6) is 5.75 Å². The summed E-state index contributed by atoms with van der Waals surface area (Å²) >= 11 is 0. The van der Waals surface area contributed by atoms with Gasteiger partial charge in [-0.25, -0.2) is 4.79 Å². The quantitative estimate of drug-likeness (QED) is 0.654. The van der Waals surface area contributed by atoms with E-state index in [1.807, 2.05) is 43.3 Å². The maximum atomic E-state index is 13.3. The highest BCUT2D eigenvalue weighted by Crippen LogP contribution is 2.44. The van der Waals surface area contributed by atoms with Gasteiger partial charge in [0, 0.05) is 43.3 Å². The van der Waals surface area contributed by atoms with Crippen LogP contribution in [0.4, 0.5) is 4.79 Å². The van der Waals surface area contributed by atoms with Crippen LogP contribution in [-0.4, -0.2) is 52.4 Å². The molecule has 0 bridgehead atoms. The number of carbonyl (C=O) groups excluding carboxylic acids is 2. The standard InChI is InChI=1S/C24H26N4O4/c1-2-31-23(30)28-12-10-24(11-13-28)14-19(17-7-3-4-9-20(17)32-24)26-22(29)18-8-5-6-16-15-25-27-21(16)18/h3-9,15,19H,2,10-14H2,1H3,(H,25,27)(H,26,29). The molecule has 2 aliphatic rings. The number of nitrogens with one attached hydrogen (secondary N) is 2. The molecule has 5 rings (SSSR count). The largest absolute Gasteiger partial charge is 0.487 e. The van der Waals surface area contributed by atoms with Crippen LogP contribution in [0.3, 0.4) is 0 Å². The predicted octanol–water partition coefficient (Wildman–Crippen LogP) is 3.81. The van der Waals surface area contributed by atoms with Gasteiger partial charge in [-0.15, -0.1) is 0 Å². The van der Waals surface area contributed by atoms with Crippen LogP contribution < -0.4 is 10.1 Å². The van der Waals surface area contributed by atoms with Gasteiger partial charge >= 0.3 is 6.09 Å². The maximum Gasteiger partial charge on any atom is 0.409 e. The van der Waals surface area contributed by atoms with Gasteiger partial charge in [-0.3, -0.25) is 9.89 Å². The summed E-state index contributed by atoms with van der Waals surface area (Å²) in [5.41, 5.74) is 1.82. The van der Waals surface area contributed by atoms with E-state index in [0.29, 0.717) is 44.5 Å². The van der Waals surface area contributed by atoms with Crippen molar-refractivity contribution < 1.29 is 19.1 Å². The number of aromatic amines is 1. The number of fused-ring (bicyclic) bond motifs is 2. The number of aromatic nitrogens is 2. The van der Waals surface area contributed by atoms with Gasteiger partial charge in [0.05, 0.1) is 29.9 Å². The molecule has 0 aliphatic carbocycles. The molecule has 1 saturated heterocycles. The molecule has 166 valence electrons. The van der Waals surface area contributed by atoms with Crippen molar-refractivity contribution in [3.8, 4) is 5.75 Å². The van der Waals surface area contributed by atoms with Crippen molar-refractivity contribution in [1.29, 1.82) is 0 Å². The first-order valence-electron chi connectivity index (χ1n) is 11.0. The van der Waals surface area contributed by atoms with Crippen LogP contribution in [0.25, 0.3) is 10.9 Å². The SMILES string of the molecule is CCOC(=O)N1CCC2(CC1)CC(NC(=O)c1cccc3cn[nH]c13)c1ccccc1O2. The number of benzene rings is 2. The number of rotatable bonds is 3. The van der Waals surface area contributed by atoms with E-state index in [4.69, 9.17) is 9.47 Å². The van der Waals surface area contributed by atoms with E-state index in [9.17, 15) is 9.59 Å². The molecule has 8 heteroatoms. The molecule has 8 nitrogen and oxygen atoms in total. The Morgan fingerprint density at radius 2 is 2.03 bits per heavy atom. The van der Waals surface area contributed by atoms with Crippen LogP contribution >= 0.6 is 0 Å². The van der Waals surface area contributed by atoms with Crippen molar-refractivity contribution in [1.82, 2.24) is 20.4 Å². The van der Waals surface area contributed by atoms with Gasteiger partial charge < -0.3 is 19.7 Å². The topological polar surface area (TPSA) is 96.5 Å². The fraction of sp³-hybridized carbons (Fsp3) is 0.375. The normalized spacial score (nSPS) is 19.3. The van der Waals surface area contributed by atoms with Crippen molar-refractivity contribution in [3.05, 3.63) is 59.8 Å². The third-order valence-corrected chi connectivity index (χ3v) is 6.42. The van der Waals surface area contributed by atoms with Crippen molar-refractivity contribution in [2.75, 3.05) is 19.7 Å². The van der Waals surface area contributed by atoms with Crippen molar-refractivity contribution in [2.45, 2.75) is 37.8 Å². The number of nitrogens with zero attached hydrogens (tertiary/aromatic N) is 2. The number of H-pyrrole nitrogens is 1. The van der Waals surface area contributed by atoms with Crippen LogP contribution in [0.1, 0.15) is 48.1 Å². The predicted molar refractivity (Wildman–Crippen MR) is 119 cm³/mol. The minimum absolute atomic E-state index is 0.152. The van der Waals surface area contributed by atoms with Crippen LogP contribution in [-0.2, 0) is 4.74 Å². The molecule has 0 saturated carbocycles. The van der Waals surface area contributed by atoms with E-state index in [2.05, 4.69) is 15.5 Å². The van der Waals surface area contributed by atoms with E-state index in [0.717, 1.165) is 22.2 Å². The third kappa shape index (κ3) is 3.66. The lowest BCUT2D eigenvalue weighted by Crippen LogP contribution is -2.53. The number of carbonyl (C=O) groups is 2. The average Bonchev–Trinajstić information content (AvgIpc) is 3.28. The van der Waals surface area contributed by atoms with Gasteiger partial charge in [0.15, 0.2) is 0 Å². The molecule has 32 heavy (non-hydrogen) atoms. The molecule has 1 fully saturated rings. The summed E-state index contributed by atoms with van der Waals surface area (Å²) in [7, 11) is 0. The second-order valence-corrected chi connectivity index (χ2v) is 8.38. The number of ether oxygens (including phenoxy) is 2. The fourth-order valence-electron chi connectivity index (χ4n) is 4.76. The molecule has 2 N–H and O–H groups in total. The molecule has 3 aromatic rings. The number of amides is 2. The van der Waals surface area contributed by atoms with Crippen molar-refractivity contribution in [2.24, 2.45) is 0 Å². The highest BCUT2D eigenvalue weighted by Gasteiger charge is 2.44. The average molecular weight is 434 g/mol. The van der Waals surface area contributed by atoms with Crippen LogP contribution in [0.2, 0.25) is 0 Å². The number of hydrogen-bond acceptors (Lipinski definition) is 5. The van der Waals surface area contributed by atoms with E-state index >= 15 is 0 Å². The molecule has 2 amide bonds. The van der Waals surface area contributed by atoms with Gasteiger partial charge in [0.1, 0.15) is 11.4 Å². The van der Waals surface area contributed by atoms with Crippen LogP contribution in [0.15, 0.2) is 48.7 Å². The van der Waals surface area contributed by atoms with Gasteiger partial charge in [-0.2, -0.15) is 5.10 Å². The Morgan fingerprint density at radius 1 is 1.22 bits per heavy atom. The van der Waals surface area contributed by atoms with Gasteiger partial charge in [0.25, 0.3) is 5.91 Å². The zero-order chi connectivity index (χ0) is 22.1. The first kappa shape index (κ1) is 20.4. The first-order chi connectivity index (χ1) is 15.6. The van der Waals surface area contributed by atoms with Crippen molar-refractivity contribution in [3.63, 3.8) is 0 Å². The minimum Gasteiger partial charge on any atom is -0.487 e. The third-order valence-electron chi connectivity index (χ3n) is 6.42. The molecular formula is C24H26N4O4. The Bertz CT molecular complexity index is 1150. The zero-order valence-corrected chi connectivity index (χ0v) is 18.0. The van der Waals surface area contributed by atoms with E-state index in [1.54, 1.807) is 17.2 Å². The summed E-state index contributed by atoms with van der Waals surface area (Å²) in [6, 6.07) is 13.2. The number of hydrogen-bond donors (Lipinski definition) is 2. The highest BCUT2D eigenvalue weighted by molar-refractivity contribution is 6.05. The molecule has 3 heterocycles. The minimum atomic E-state index is -0.435. The lowest BCUT2D eigenvalue weighted by Gasteiger charge is -2.46. The molecule has 2 aromatic carbocycles. The lowest BCUT2D eigenvalue weighted by atomic mass is 9.80. The van der Waals surface area contributed by atoms with E-state index < -0.39 is 5.60 Å². The molecule has 2 aliphatic heterocycles. The molecule has 1 spiro atoms. The second-order valence-electron chi connectivity index (χ2n) is 8.38. The van der Waals surface area contributed by atoms with E-state index in [-0.39, 0.29) is 18.0 Å². The summed E-state index contributed by atoms with van der Waals surface area (Å²) in [6.45, 7) is 3.30. The molecule has 1 unspecified atom stereocenters. The van der Waals surface area contributed by atoms with Crippen molar-refractivity contribution >= 4 is 22.9 Å². The smallest absolute Gasteiger partial charge is 0.409 e. The second kappa shape index (κ2) is 8.18. The Balaban J connectivity index is 1.38. The fourth-order valence-corrected chi connectivity index (χ4v) is 4.76. The number of para-hydroxylation sites is 2. The Kier molecular flexibility index (Phi) is 5.20. The summed E-state index contributed by atoms with van der Waals surface area (Å²) in [6.07, 6.45) is 3.44. The Labute approximate surface area is 185 Å². The lowest BCUT2D eigenvalue weighted by molar-refractivity contribution is -0.0233. The summed E-state index contributed by atoms with van der Waals surface area (Å²) < 4.78 is 11.6. The van der Waals surface area contributed by atoms with Crippen LogP contribution in [0, 0.1) is 0 Å². The molecule has 1 atom stereocenters.